The Morgan fingerprint density at radius 2 is 2.16 bits per heavy atom. The lowest BCUT2D eigenvalue weighted by atomic mass is 9.76. The van der Waals surface area contributed by atoms with Gasteiger partial charge in [-0.15, -0.1) is 11.3 Å². The zero-order chi connectivity index (χ0) is 14.0. The van der Waals surface area contributed by atoms with Crippen LogP contribution in [0, 0.1) is 5.41 Å². The molecule has 2 rings (SSSR count). The lowest BCUT2D eigenvalue weighted by Gasteiger charge is -2.40. The minimum absolute atomic E-state index is 0.375. The Bertz CT molecular complexity index is 452. The second-order valence-corrected chi connectivity index (χ2v) is 7.79. The van der Waals surface area contributed by atoms with Gasteiger partial charge in [0.1, 0.15) is 0 Å². The average Bonchev–Trinajstić information content (AvgIpc) is 2.84. The fourth-order valence-corrected chi connectivity index (χ4v) is 4.30. The quantitative estimate of drug-likeness (QED) is 0.890. The maximum atomic E-state index is 11.4. The van der Waals surface area contributed by atoms with Crippen molar-refractivity contribution in [2.75, 3.05) is 13.1 Å². The zero-order valence-corrected chi connectivity index (χ0v) is 13.8. The normalized spacial score (nSPS) is 21.2. The Kier molecular flexibility index (Phi) is 4.69. The summed E-state index contributed by atoms with van der Waals surface area (Å²) in [6, 6.07) is 4.60. The number of rotatable bonds is 4. The maximum absolute atomic E-state index is 11.4. The molecule has 0 bridgehead atoms. The summed E-state index contributed by atoms with van der Waals surface area (Å²) in [5.74, 6) is -0.624. The molecule has 0 radical (unpaired) electrons. The van der Waals surface area contributed by atoms with Gasteiger partial charge in [-0.2, -0.15) is 0 Å². The number of halogens is 1. The van der Waals surface area contributed by atoms with Gasteiger partial charge in [0.2, 0.25) is 0 Å². The molecule has 2 heterocycles. The summed E-state index contributed by atoms with van der Waals surface area (Å²) < 4.78 is 1.15. The van der Waals surface area contributed by atoms with Crippen LogP contribution in [-0.4, -0.2) is 29.1 Å². The molecule has 0 saturated carbocycles. The molecule has 3 nitrogen and oxygen atoms in total. The van der Waals surface area contributed by atoms with Gasteiger partial charge in [-0.25, -0.2) is 0 Å². The molecule has 0 spiro atoms. The van der Waals surface area contributed by atoms with Crippen LogP contribution in [0.4, 0.5) is 0 Å². The van der Waals surface area contributed by atoms with E-state index < -0.39 is 11.4 Å². The van der Waals surface area contributed by atoms with Crippen molar-refractivity contribution >= 4 is 33.2 Å². The molecular weight excluding hydrogens is 326 g/mol. The van der Waals surface area contributed by atoms with Gasteiger partial charge in [-0.05, 0) is 67.3 Å². The molecule has 1 aliphatic heterocycles. The van der Waals surface area contributed by atoms with Crippen molar-refractivity contribution in [2.24, 2.45) is 5.41 Å². The Labute approximate surface area is 126 Å². The summed E-state index contributed by atoms with van der Waals surface area (Å²) in [5.41, 5.74) is -0.494. The van der Waals surface area contributed by atoms with Crippen molar-refractivity contribution in [1.29, 1.82) is 0 Å². The number of thiophene rings is 1. The van der Waals surface area contributed by atoms with Gasteiger partial charge in [0, 0.05) is 10.9 Å². The van der Waals surface area contributed by atoms with Crippen LogP contribution in [-0.2, 0) is 4.79 Å². The van der Waals surface area contributed by atoms with Gasteiger partial charge < -0.3 is 5.11 Å². The Morgan fingerprint density at radius 1 is 1.53 bits per heavy atom. The third kappa shape index (κ3) is 3.03. The summed E-state index contributed by atoms with van der Waals surface area (Å²) in [6.45, 7) is 5.94. The molecule has 19 heavy (non-hydrogen) atoms. The van der Waals surface area contributed by atoms with Crippen molar-refractivity contribution < 1.29 is 9.90 Å². The smallest absolute Gasteiger partial charge is 0.309 e. The molecule has 0 amide bonds. The van der Waals surface area contributed by atoms with E-state index in [4.69, 9.17) is 0 Å². The van der Waals surface area contributed by atoms with Gasteiger partial charge >= 0.3 is 5.97 Å². The molecule has 1 saturated heterocycles. The van der Waals surface area contributed by atoms with Gasteiger partial charge in [0.15, 0.2) is 0 Å². The fraction of sp³-hybridized carbons (Fsp3) is 0.643. The summed E-state index contributed by atoms with van der Waals surface area (Å²) >= 11 is 5.26. The number of carbonyl (C=O) groups is 1. The van der Waals surface area contributed by atoms with Crippen LogP contribution in [0.1, 0.15) is 44.0 Å². The van der Waals surface area contributed by atoms with E-state index in [9.17, 15) is 9.90 Å². The highest BCUT2D eigenvalue weighted by Gasteiger charge is 2.40. The molecule has 1 fully saturated rings. The van der Waals surface area contributed by atoms with E-state index >= 15 is 0 Å². The molecule has 5 heteroatoms. The SMILES string of the molecule is CCC1(C(=O)O)CCN(C(C)c2ccc(Br)s2)CC1. The van der Waals surface area contributed by atoms with Crippen LogP contribution in [0.15, 0.2) is 15.9 Å². The number of carboxylic acid groups (broad SMARTS) is 1. The molecule has 1 atom stereocenters. The molecule has 1 unspecified atom stereocenters. The average molecular weight is 346 g/mol. The third-order valence-electron chi connectivity index (χ3n) is 4.44. The highest BCUT2D eigenvalue weighted by atomic mass is 79.9. The molecular formula is C14H20BrNO2S. The van der Waals surface area contributed by atoms with E-state index in [1.807, 2.05) is 6.92 Å². The predicted octanol–water partition coefficient (Wildman–Crippen LogP) is 4.15. The van der Waals surface area contributed by atoms with Crippen LogP contribution >= 0.6 is 27.3 Å². The molecule has 106 valence electrons. The Morgan fingerprint density at radius 3 is 2.58 bits per heavy atom. The van der Waals surface area contributed by atoms with E-state index in [1.165, 1.54) is 4.88 Å². The first-order valence-electron chi connectivity index (χ1n) is 6.71. The Hall–Kier alpha value is -0.390. The molecule has 1 aromatic rings. The number of piperidine rings is 1. The summed E-state index contributed by atoms with van der Waals surface area (Å²) in [4.78, 5) is 15.2. The van der Waals surface area contributed by atoms with Crippen LogP contribution in [0.3, 0.4) is 0 Å². The van der Waals surface area contributed by atoms with Crippen molar-refractivity contribution in [1.82, 2.24) is 4.90 Å². The largest absolute Gasteiger partial charge is 0.481 e. The second-order valence-electron chi connectivity index (χ2n) is 5.29. The van der Waals surface area contributed by atoms with E-state index in [0.717, 1.165) is 36.1 Å². The minimum Gasteiger partial charge on any atom is -0.481 e. The monoisotopic (exact) mass is 345 g/mol. The topological polar surface area (TPSA) is 40.5 Å². The summed E-state index contributed by atoms with van der Waals surface area (Å²) in [5, 5.41) is 9.41. The second kappa shape index (κ2) is 5.94. The number of likely N-dealkylation sites (tertiary alicyclic amines) is 1. The number of aliphatic carboxylic acids is 1. The lowest BCUT2D eigenvalue weighted by molar-refractivity contribution is -0.152. The van der Waals surface area contributed by atoms with E-state index in [-0.39, 0.29) is 0 Å². The van der Waals surface area contributed by atoms with Crippen molar-refractivity contribution in [3.8, 4) is 0 Å². The standard InChI is InChI=1S/C14H20BrNO2S/c1-3-14(13(17)18)6-8-16(9-7-14)10(2)11-4-5-12(15)19-11/h4-5,10H,3,6-9H2,1-2H3,(H,17,18). The molecule has 0 aromatic carbocycles. The number of carboxylic acids is 1. The highest BCUT2D eigenvalue weighted by Crippen LogP contribution is 2.39. The minimum atomic E-state index is -0.624. The maximum Gasteiger partial charge on any atom is 0.309 e. The van der Waals surface area contributed by atoms with Crippen LogP contribution < -0.4 is 0 Å². The summed E-state index contributed by atoms with van der Waals surface area (Å²) in [7, 11) is 0. The van der Waals surface area contributed by atoms with Crippen LogP contribution in [0.5, 0.6) is 0 Å². The van der Waals surface area contributed by atoms with Gasteiger partial charge in [-0.1, -0.05) is 6.92 Å². The van der Waals surface area contributed by atoms with Gasteiger partial charge in [0.25, 0.3) is 0 Å². The fourth-order valence-electron chi connectivity index (χ4n) is 2.79. The number of hydrogen-bond donors (Lipinski definition) is 1. The first kappa shape index (κ1) is 15.0. The summed E-state index contributed by atoms with van der Waals surface area (Å²) in [6.07, 6.45) is 2.25. The zero-order valence-electron chi connectivity index (χ0n) is 11.4. The number of hydrogen-bond acceptors (Lipinski definition) is 3. The molecule has 0 aliphatic carbocycles. The van der Waals surface area contributed by atoms with Crippen LogP contribution in [0.25, 0.3) is 0 Å². The van der Waals surface area contributed by atoms with E-state index in [0.29, 0.717) is 6.04 Å². The van der Waals surface area contributed by atoms with Crippen molar-refractivity contribution in [3.05, 3.63) is 20.8 Å². The Balaban J connectivity index is 2.02. The van der Waals surface area contributed by atoms with Crippen molar-refractivity contribution in [3.63, 3.8) is 0 Å². The molecule has 1 N–H and O–H groups in total. The van der Waals surface area contributed by atoms with Crippen molar-refractivity contribution in [2.45, 2.75) is 39.2 Å². The molecule has 1 aliphatic rings. The first-order valence-corrected chi connectivity index (χ1v) is 8.32. The predicted molar refractivity (Wildman–Crippen MR) is 81.6 cm³/mol. The van der Waals surface area contributed by atoms with Gasteiger partial charge in [0.05, 0.1) is 9.20 Å². The number of nitrogens with zero attached hydrogens (tertiary/aromatic N) is 1. The van der Waals surface area contributed by atoms with E-state index in [1.54, 1.807) is 11.3 Å². The highest BCUT2D eigenvalue weighted by molar-refractivity contribution is 9.11. The first-order chi connectivity index (χ1) is 8.98. The molecule has 1 aromatic heterocycles. The lowest BCUT2D eigenvalue weighted by Crippen LogP contribution is -2.44. The van der Waals surface area contributed by atoms with Gasteiger partial charge in [-0.3, -0.25) is 9.69 Å². The van der Waals surface area contributed by atoms with E-state index in [2.05, 4.69) is 39.9 Å². The third-order valence-corrected chi connectivity index (χ3v) is 6.23. The van der Waals surface area contributed by atoms with Crippen LogP contribution in [0.2, 0.25) is 0 Å².